The maximum Gasteiger partial charge on any atom is 0.119 e. The summed E-state index contributed by atoms with van der Waals surface area (Å²) in [6, 6.07) is 8.21. The van der Waals surface area contributed by atoms with Gasteiger partial charge in [-0.2, -0.15) is 0 Å². The number of hydrogen-bond donors (Lipinski definition) is 1. The summed E-state index contributed by atoms with van der Waals surface area (Å²) in [5, 5.41) is 12.3. The van der Waals surface area contributed by atoms with Crippen LogP contribution >= 0.6 is 0 Å². The zero-order valence-electron chi connectivity index (χ0n) is 16.2. The van der Waals surface area contributed by atoms with Crippen LogP contribution in [0, 0.1) is 11.8 Å². The van der Waals surface area contributed by atoms with Crippen molar-refractivity contribution in [1.29, 1.82) is 0 Å². The van der Waals surface area contributed by atoms with Gasteiger partial charge in [0.15, 0.2) is 0 Å². The van der Waals surface area contributed by atoms with E-state index in [-0.39, 0.29) is 6.04 Å². The fraction of sp³-hybridized carbons (Fsp3) is 0.500. The Morgan fingerprint density at radius 3 is 2.77 bits per heavy atom. The molecule has 2 heterocycles. The molecule has 4 nitrogen and oxygen atoms in total. The molecule has 4 heteroatoms. The molecule has 0 bridgehead atoms. The Bertz CT molecular complexity index is 774. The lowest BCUT2D eigenvalue weighted by atomic mass is 9.79. The van der Waals surface area contributed by atoms with Gasteiger partial charge in [-0.1, -0.05) is 13.0 Å². The van der Waals surface area contributed by atoms with E-state index in [0.717, 1.165) is 35.2 Å². The summed E-state index contributed by atoms with van der Waals surface area (Å²) < 4.78 is 5.38. The van der Waals surface area contributed by atoms with Crippen LogP contribution in [0.3, 0.4) is 0 Å². The fourth-order valence-electron chi connectivity index (χ4n) is 4.20. The fourth-order valence-corrected chi connectivity index (χ4v) is 4.20. The molecule has 4 atom stereocenters. The molecule has 1 aliphatic rings. The topological polar surface area (TPSA) is 45.6 Å². The SMILES string of the molecule is C=C[C@H]1CN(C(C)C)[C@@H]([C@@H](O)c2ccnc3ccc(OC)cc23)C[C@H]1C. The van der Waals surface area contributed by atoms with Gasteiger partial charge in [0.2, 0.25) is 0 Å². The van der Waals surface area contributed by atoms with Crippen molar-refractivity contribution in [1.82, 2.24) is 9.88 Å². The Morgan fingerprint density at radius 1 is 1.35 bits per heavy atom. The minimum atomic E-state index is -0.566. The molecule has 0 aliphatic carbocycles. The highest BCUT2D eigenvalue weighted by Crippen LogP contribution is 2.38. The van der Waals surface area contributed by atoms with Crippen LogP contribution in [-0.4, -0.2) is 40.7 Å². The van der Waals surface area contributed by atoms with E-state index < -0.39 is 6.10 Å². The van der Waals surface area contributed by atoms with Crippen molar-refractivity contribution in [3.05, 3.63) is 48.7 Å². The molecule has 1 aromatic heterocycles. The first kappa shape index (κ1) is 18.9. The number of piperidine rings is 1. The smallest absolute Gasteiger partial charge is 0.119 e. The molecule has 0 unspecified atom stereocenters. The zero-order valence-corrected chi connectivity index (χ0v) is 16.2. The number of rotatable bonds is 5. The first-order chi connectivity index (χ1) is 12.5. The van der Waals surface area contributed by atoms with Gasteiger partial charge in [-0.3, -0.25) is 9.88 Å². The summed E-state index contributed by atoms with van der Waals surface area (Å²) in [5.41, 5.74) is 1.81. The predicted molar refractivity (Wildman–Crippen MR) is 106 cm³/mol. The maximum atomic E-state index is 11.4. The van der Waals surface area contributed by atoms with Crippen molar-refractivity contribution in [3.63, 3.8) is 0 Å². The number of benzene rings is 1. The number of hydrogen-bond acceptors (Lipinski definition) is 4. The highest BCUT2D eigenvalue weighted by molar-refractivity contribution is 5.83. The van der Waals surface area contributed by atoms with Crippen LogP contribution < -0.4 is 4.74 Å². The highest BCUT2D eigenvalue weighted by atomic mass is 16.5. The van der Waals surface area contributed by atoms with Gasteiger partial charge in [-0.15, -0.1) is 6.58 Å². The molecule has 1 saturated heterocycles. The Balaban J connectivity index is 2.00. The van der Waals surface area contributed by atoms with Crippen molar-refractivity contribution in [2.45, 2.75) is 45.4 Å². The van der Waals surface area contributed by atoms with Crippen LogP contribution in [0.4, 0.5) is 0 Å². The lowest BCUT2D eigenvalue weighted by Crippen LogP contribution is -2.51. The summed E-state index contributed by atoms with van der Waals surface area (Å²) in [4.78, 5) is 6.87. The highest BCUT2D eigenvalue weighted by Gasteiger charge is 2.37. The monoisotopic (exact) mass is 354 g/mol. The minimum absolute atomic E-state index is 0.0815. The summed E-state index contributed by atoms with van der Waals surface area (Å²) >= 11 is 0. The van der Waals surface area contributed by atoms with Gasteiger partial charge in [0, 0.05) is 30.2 Å². The van der Waals surface area contributed by atoms with Crippen LogP contribution in [0.5, 0.6) is 5.75 Å². The van der Waals surface area contributed by atoms with Crippen LogP contribution in [-0.2, 0) is 0 Å². The number of fused-ring (bicyclic) bond motifs is 1. The Kier molecular flexibility index (Phi) is 5.64. The lowest BCUT2D eigenvalue weighted by Gasteiger charge is -2.46. The maximum absolute atomic E-state index is 11.4. The van der Waals surface area contributed by atoms with Crippen molar-refractivity contribution in [3.8, 4) is 5.75 Å². The van der Waals surface area contributed by atoms with Crippen molar-refractivity contribution < 1.29 is 9.84 Å². The molecule has 0 spiro atoms. The largest absolute Gasteiger partial charge is 0.497 e. The average Bonchev–Trinajstić information content (AvgIpc) is 2.66. The van der Waals surface area contributed by atoms with Gasteiger partial charge in [0.1, 0.15) is 5.75 Å². The molecule has 1 aromatic carbocycles. The second kappa shape index (κ2) is 7.77. The Morgan fingerprint density at radius 2 is 2.12 bits per heavy atom. The number of aliphatic hydroxyl groups is 1. The standard InChI is InChI=1S/C22H30N2O2/c1-6-16-13-24(14(2)3)21(11-15(16)4)22(25)18-9-10-23-20-8-7-17(26-5)12-19(18)20/h6-10,12,14-16,21-22,25H,1,11,13H2,2-5H3/t15-,16+,21-,22+/m1/s1. The van der Waals surface area contributed by atoms with Gasteiger partial charge in [0.25, 0.3) is 0 Å². The molecule has 0 saturated carbocycles. The van der Waals surface area contributed by atoms with Gasteiger partial charge >= 0.3 is 0 Å². The van der Waals surface area contributed by atoms with E-state index in [1.807, 2.05) is 24.3 Å². The number of likely N-dealkylation sites (tertiary alicyclic amines) is 1. The van der Waals surface area contributed by atoms with Crippen LogP contribution in [0.15, 0.2) is 43.1 Å². The van der Waals surface area contributed by atoms with Crippen molar-refractivity contribution in [2.24, 2.45) is 11.8 Å². The number of ether oxygens (including phenoxy) is 1. The van der Waals surface area contributed by atoms with E-state index in [2.05, 4.69) is 43.3 Å². The summed E-state index contributed by atoms with van der Waals surface area (Å²) in [7, 11) is 1.66. The van der Waals surface area contributed by atoms with E-state index in [1.54, 1.807) is 13.3 Å². The second-order valence-electron chi connectivity index (χ2n) is 7.70. The molecular weight excluding hydrogens is 324 g/mol. The number of pyridine rings is 1. The molecule has 140 valence electrons. The third-order valence-corrected chi connectivity index (χ3v) is 5.82. The van der Waals surface area contributed by atoms with Crippen molar-refractivity contribution >= 4 is 10.9 Å². The number of methoxy groups -OCH3 is 1. The Hall–Kier alpha value is -1.91. The molecule has 2 aromatic rings. The quantitative estimate of drug-likeness (QED) is 0.818. The van der Waals surface area contributed by atoms with Crippen LogP contribution in [0.2, 0.25) is 0 Å². The first-order valence-electron chi connectivity index (χ1n) is 9.45. The normalized spacial score (nSPS) is 25.4. The Labute approximate surface area is 156 Å². The van der Waals surface area contributed by atoms with E-state index in [1.165, 1.54) is 0 Å². The summed E-state index contributed by atoms with van der Waals surface area (Å²) in [5.74, 6) is 1.75. The number of aromatic nitrogens is 1. The van der Waals surface area contributed by atoms with Gasteiger partial charge in [-0.25, -0.2) is 0 Å². The van der Waals surface area contributed by atoms with Crippen LogP contribution in [0.1, 0.15) is 38.9 Å². The number of nitrogens with zero attached hydrogens (tertiary/aromatic N) is 2. The lowest BCUT2D eigenvalue weighted by molar-refractivity contribution is -0.0196. The third-order valence-electron chi connectivity index (χ3n) is 5.82. The summed E-state index contributed by atoms with van der Waals surface area (Å²) in [6.07, 6.45) is 4.23. The molecule has 0 amide bonds. The van der Waals surface area contributed by atoms with Gasteiger partial charge in [0.05, 0.1) is 18.7 Å². The average molecular weight is 354 g/mol. The molecule has 26 heavy (non-hydrogen) atoms. The second-order valence-corrected chi connectivity index (χ2v) is 7.70. The molecular formula is C22H30N2O2. The van der Waals surface area contributed by atoms with E-state index in [4.69, 9.17) is 4.74 Å². The predicted octanol–water partition coefficient (Wildman–Crippen LogP) is 4.20. The molecule has 1 N–H and O–H groups in total. The molecule has 0 radical (unpaired) electrons. The third kappa shape index (κ3) is 3.49. The van der Waals surface area contributed by atoms with E-state index >= 15 is 0 Å². The molecule has 1 aliphatic heterocycles. The summed E-state index contributed by atoms with van der Waals surface area (Å²) in [6.45, 7) is 11.6. The first-order valence-corrected chi connectivity index (χ1v) is 9.45. The zero-order chi connectivity index (χ0) is 18.8. The number of aliphatic hydroxyl groups excluding tert-OH is 1. The molecule has 3 rings (SSSR count). The van der Waals surface area contributed by atoms with Gasteiger partial charge < -0.3 is 9.84 Å². The minimum Gasteiger partial charge on any atom is -0.497 e. The van der Waals surface area contributed by atoms with Crippen molar-refractivity contribution in [2.75, 3.05) is 13.7 Å². The van der Waals surface area contributed by atoms with E-state index in [0.29, 0.717) is 17.9 Å². The van der Waals surface area contributed by atoms with Gasteiger partial charge in [-0.05, 0) is 61.9 Å². The van der Waals surface area contributed by atoms with E-state index in [9.17, 15) is 5.11 Å². The van der Waals surface area contributed by atoms with Crippen LogP contribution in [0.25, 0.3) is 10.9 Å². The molecule has 1 fully saturated rings.